The molecule has 0 spiro atoms. The van der Waals surface area contributed by atoms with Crippen molar-refractivity contribution >= 4 is 5.96 Å². The Balaban J connectivity index is 1.51. The number of nitrogens with one attached hydrogen (secondary N) is 1. The molecule has 1 aliphatic heterocycles. The maximum absolute atomic E-state index is 5.71. The van der Waals surface area contributed by atoms with E-state index in [4.69, 9.17) is 19.2 Å². The number of aliphatic imine (C=N–C) groups is 1. The molecule has 24 heavy (non-hydrogen) atoms. The fourth-order valence-electron chi connectivity index (χ4n) is 2.52. The topological polar surface area (TPSA) is 55.3 Å². The first-order chi connectivity index (χ1) is 11.8. The zero-order chi connectivity index (χ0) is 16.8. The third-order valence-electron chi connectivity index (χ3n) is 4.17. The average molecular weight is 333 g/mol. The third kappa shape index (κ3) is 4.77. The molecule has 3 rings (SSSR count). The van der Waals surface area contributed by atoms with Crippen LogP contribution in [0.15, 0.2) is 23.2 Å². The van der Waals surface area contributed by atoms with Gasteiger partial charge in [-0.25, -0.2) is 4.99 Å². The fourth-order valence-corrected chi connectivity index (χ4v) is 2.52. The maximum Gasteiger partial charge on any atom is 0.231 e. The van der Waals surface area contributed by atoms with E-state index < -0.39 is 0 Å². The van der Waals surface area contributed by atoms with Crippen LogP contribution in [0.5, 0.6) is 11.5 Å². The molecule has 0 amide bonds. The van der Waals surface area contributed by atoms with Gasteiger partial charge in [-0.05, 0) is 43.4 Å². The lowest BCUT2D eigenvalue weighted by Crippen LogP contribution is -2.40. The Kier molecular flexibility index (Phi) is 5.80. The van der Waals surface area contributed by atoms with Crippen LogP contribution in [0.25, 0.3) is 0 Å². The summed E-state index contributed by atoms with van der Waals surface area (Å²) in [6.45, 7) is 6.29. The first-order valence-electron chi connectivity index (χ1n) is 8.72. The summed E-state index contributed by atoms with van der Waals surface area (Å²) in [5.74, 6) is 3.31. The number of likely N-dealkylation sites (N-methyl/N-ethyl adjacent to an activating group) is 1. The molecule has 0 aromatic heterocycles. The Hall–Kier alpha value is -1.95. The minimum atomic E-state index is 0.300. The minimum Gasteiger partial charge on any atom is -0.454 e. The molecule has 0 unspecified atom stereocenters. The number of hydrogen-bond acceptors (Lipinski definition) is 4. The van der Waals surface area contributed by atoms with Gasteiger partial charge >= 0.3 is 0 Å². The number of ether oxygens (including phenoxy) is 3. The molecule has 0 saturated heterocycles. The van der Waals surface area contributed by atoms with Crippen LogP contribution in [0.3, 0.4) is 0 Å². The van der Waals surface area contributed by atoms with E-state index in [2.05, 4.69) is 17.1 Å². The zero-order valence-corrected chi connectivity index (χ0v) is 14.6. The molecule has 1 aliphatic carbocycles. The van der Waals surface area contributed by atoms with Gasteiger partial charge in [-0.15, -0.1) is 0 Å². The van der Waals surface area contributed by atoms with Crippen molar-refractivity contribution in [2.24, 2.45) is 10.9 Å². The van der Waals surface area contributed by atoms with Crippen LogP contribution in [-0.2, 0) is 11.3 Å². The summed E-state index contributed by atoms with van der Waals surface area (Å²) < 4.78 is 16.5. The molecule has 1 N–H and O–H groups in total. The Labute approximate surface area is 143 Å². The van der Waals surface area contributed by atoms with Crippen molar-refractivity contribution < 1.29 is 14.2 Å². The van der Waals surface area contributed by atoms with Crippen LogP contribution in [0.2, 0.25) is 0 Å². The van der Waals surface area contributed by atoms with Crippen molar-refractivity contribution in [2.75, 3.05) is 40.1 Å². The Morgan fingerprint density at radius 2 is 2.17 bits per heavy atom. The van der Waals surface area contributed by atoms with Gasteiger partial charge in [-0.2, -0.15) is 0 Å². The minimum absolute atomic E-state index is 0.300. The van der Waals surface area contributed by atoms with Gasteiger partial charge in [0.25, 0.3) is 0 Å². The van der Waals surface area contributed by atoms with E-state index in [9.17, 15) is 0 Å². The molecule has 0 bridgehead atoms. The van der Waals surface area contributed by atoms with Crippen molar-refractivity contribution in [1.82, 2.24) is 10.2 Å². The first-order valence-corrected chi connectivity index (χ1v) is 8.72. The van der Waals surface area contributed by atoms with Gasteiger partial charge in [-0.3, -0.25) is 0 Å². The van der Waals surface area contributed by atoms with E-state index >= 15 is 0 Å². The summed E-state index contributed by atoms with van der Waals surface area (Å²) in [5.41, 5.74) is 1.10. The number of benzene rings is 1. The van der Waals surface area contributed by atoms with Gasteiger partial charge in [0.05, 0.1) is 13.2 Å². The summed E-state index contributed by atoms with van der Waals surface area (Å²) in [4.78, 5) is 6.83. The highest BCUT2D eigenvalue weighted by molar-refractivity contribution is 5.79. The average Bonchev–Trinajstić information content (AvgIpc) is 3.30. The van der Waals surface area contributed by atoms with Crippen molar-refractivity contribution in [3.8, 4) is 11.5 Å². The summed E-state index contributed by atoms with van der Waals surface area (Å²) in [5, 5.41) is 3.33. The molecule has 1 aromatic rings. The van der Waals surface area contributed by atoms with E-state index in [-0.39, 0.29) is 0 Å². The van der Waals surface area contributed by atoms with Crippen molar-refractivity contribution in [1.29, 1.82) is 0 Å². The van der Waals surface area contributed by atoms with E-state index in [1.807, 2.05) is 25.2 Å². The van der Waals surface area contributed by atoms with E-state index in [0.29, 0.717) is 13.3 Å². The lowest BCUT2D eigenvalue weighted by Gasteiger charge is -2.22. The summed E-state index contributed by atoms with van der Waals surface area (Å²) in [7, 11) is 2.04. The normalized spacial score (nSPS) is 16.3. The smallest absolute Gasteiger partial charge is 0.231 e. The summed E-state index contributed by atoms with van der Waals surface area (Å²) in [6, 6.07) is 5.96. The Morgan fingerprint density at radius 1 is 1.33 bits per heavy atom. The van der Waals surface area contributed by atoms with Crippen LogP contribution in [0.1, 0.15) is 25.3 Å². The van der Waals surface area contributed by atoms with Crippen molar-refractivity contribution in [3.05, 3.63) is 23.8 Å². The lowest BCUT2D eigenvalue weighted by atomic mass is 10.2. The SMILES string of the molecule is CCNC(=NCc1ccc2c(c1)OCO2)N(C)CCOCC1CC1. The molecule has 1 fully saturated rings. The summed E-state index contributed by atoms with van der Waals surface area (Å²) in [6.07, 6.45) is 2.66. The quantitative estimate of drug-likeness (QED) is 0.449. The molecule has 1 aromatic carbocycles. The highest BCUT2D eigenvalue weighted by Crippen LogP contribution is 2.32. The maximum atomic E-state index is 5.71. The molecular weight excluding hydrogens is 306 g/mol. The largest absolute Gasteiger partial charge is 0.454 e. The molecule has 6 heteroatoms. The number of nitrogens with zero attached hydrogens (tertiary/aromatic N) is 2. The summed E-state index contributed by atoms with van der Waals surface area (Å²) >= 11 is 0. The van der Waals surface area contributed by atoms with Gasteiger partial charge in [0.2, 0.25) is 6.79 Å². The zero-order valence-electron chi connectivity index (χ0n) is 14.6. The molecule has 0 atom stereocenters. The highest BCUT2D eigenvalue weighted by atomic mass is 16.7. The number of guanidine groups is 1. The molecular formula is C18H27N3O3. The van der Waals surface area contributed by atoms with E-state index in [1.54, 1.807) is 0 Å². The van der Waals surface area contributed by atoms with Crippen LogP contribution in [0.4, 0.5) is 0 Å². The molecule has 6 nitrogen and oxygen atoms in total. The Bertz CT molecular complexity index is 573. The number of rotatable bonds is 8. The van der Waals surface area contributed by atoms with Crippen molar-refractivity contribution in [3.63, 3.8) is 0 Å². The second kappa shape index (κ2) is 8.24. The second-order valence-electron chi connectivity index (χ2n) is 6.30. The predicted molar refractivity (Wildman–Crippen MR) is 93.6 cm³/mol. The van der Waals surface area contributed by atoms with Gasteiger partial charge in [0.15, 0.2) is 17.5 Å². The molecule has 2 aliphatic rings. The van der Waals surface area contributed by atoms with Crippen molar-refractivity contribution in [2.45, 2.75) is 26.3 Å². The van der Waals surface area contributed by atoms with E-state index in [1.165, 1.54) is 12.8 Å². The van der Waals surface area contributed by atoms with Crippen LogP contribution < -0.4 is 14.8 Å². The molecule has 1 saturated carbocycles. The third-order valence-corrected chi connectivity index (χ3v) is 4.17. The number of hydrogen-bond donors (Lipinski definition) is 1. The first kappa shape index (κ1) is 16.9. The molecule has 0 radical (unpaired) electrons. The monoisotopic (exact) mass is 333 g/mol. The van der Waals surface area contributed by atoms with Gasteiger partial charge in [0.1, 0.15) is 0 Å². The fraction of sp³-hybridized carbons (Fsp3) is 0.611. The highest BCUT2D eigenvalue weighted by Gasteiger charge is 2.21. The van der Waals surface area contributed by atoms with E-state index in [0.717, 1.165) is 55.2 Å². The van der Waals surface area contributed by atoms with Gasteiger partial charge < -0.3 is 24.4 Å². The molecule has 1 heterocycles. The number of fused-ring (bicyclic) bond motifs is 1. The van der Waals surface area contributed by atoms with Crippen LogP contribution in [0, 0.1) is 5.92 Å². The van der Waals surface area contributed by atoms with Crippen LogP contribution in [-0.4, -0.2) is 51.0 Å². The predicted octanol–water partition coefficient (Wildman–Crippen LogP) is 2.24. The van der Waals surface area contributed by atoms with Gasteiger partial charge in [0, 0.05) is 26.7 Å². The standard InChI is InChI=1S/C18H27N3O3/c1-3-19-18(21(2)8-9-22-12-14-4-5-14)20-11-15-6-7-16-17(10-15)24-13-23-16/h6-7,10,14H,3-5,8-9,11-13H2,1-2H3,(H,19,20). The van der Waals surface area contributed by atoms with Crippen LogP contribution >= 0.6 is 0 Å². The molecule has 132 valence electrons. The Morgan fingerprint density at radius 3 is 2.96 bits per heavy atom. The lowest BCUT2D eigenvalue weighted by molar-refractivity contribution is 0.115. The van der Waals surface area contributed by atoms with Gasteiger partial charge in [-0.1, -0.05) is 6.07 Å². The second-order valence-corrected chi connectivity index (χ2v) is 6.30.